The van der Waals surface area contributed by atoms with Crippen molar-refractivity contribution in [3.63, 3.8) is 0 Å². The Morgan fingerprint density at radius 1 is 0.708 bits per heavy atom. The number of hydrogen-bond donors (Lipinski definition) is 0. The number of rotatable bonds is 6. The SMILES string of the molecule is CN(C)C(=C/C(=C/C(=O)c1ccccc1)c1ccccc1)N(C)C. The number of allylic oxidation sites excluding steroid dienone is 3. The highest BCUT2D eigenvalue weighted by Crippen LogP contribution is 2.20. The molecule has 0 fully saturated rings. The van der Waals surface area contributed by atoms with Crippen LogP contribution in [-0.2, 0) is 0 Å². The summed E-state index contributed by atoms with van der Waals surface area (Å²) in [6.45, 7) is 0. The Hall–Kier alpha value is -2.81. The minimum Gasteiger partial charge on any atom is -0.364 e. The van der Waals surface area contributed by atoms with Crippen molar-refractivity contribution >= 4 is 11.4 Å². The van der Waals surface area contributed by atoms with Crippen molar-refractivity contribution in [2.75, 3.05) is 28.2 Å². The summed E-state index contributed by atoms with van der Waals surface area (Å²) in [5.41, 5.74) is 2.60. The third kappa shape index (κ3) is 4.59. The van der Waals surface area contributed by atoms with Gasteiger partial charge in [0.05, 0.1) is 0 Å². The molecule has 2 aromatic carbocycles. The molecule has 0 amide bonds. The maximum Gasteiger partial charge on any atom is 0.186 e. The first-order chi connectivity index (χ1) is 11.5. The lowest BCUT2D eigenvalue weighted by molar-refractivity contribution is 0.104. The first-order valence-electron chi connectivity index (χ1n) is 7.92. The zero-order valence-corrected chi connectivity index (χ0v) is 14.7. The molecule has 124 valence electrons. The van der Waals surface area contributed by atoms with Gasteiger partial charge in [0.1, 0.15) is 5.82 Å². The molecule has 0 aromatic heterocycles. The van der Waals surface area contributed by atoms with E-state index >= 15 is 0 Å². The minimum absolute atomic E-state index is 0.00238. The summed E-state index contributed by atoms with van der Waals surface area (Å²) in [6, 6.07) is 19.3. The van der Waals surface area contributed by atoms with Crippen LogP contribution in [0.2, 0.25) is 0 Å². The largest absolute Gasteiger partial charge is 0.364 e. The summed E-state index contributed by atoms with van der Waals surface area (Å²) >= 11 is 0. The summed E-state index contributed by atoms with van der Waals surface area (Å²) in [4.78, 5) is 16.7. The third-order valence-corrected chi connectivity index (χ3v) is 3.65. The van der Waals surface area contributed by atoms with Crippen LogP contribution in [0.25, 0.3) is 5.57 Å². The summed E-state index contributed by atoms with van der Waals surface area (Å²) in [5.74, 6) is 1.02. The highest BCUT2D eigenvalue weighted by atomic mass is 16.1. The predicted octanol–water partition coefficient (Wildman–Crippen LogP) is 3.92. The quantitative estimate of drug-likeness (QED) is 0.458. The first-order valence-corrected chi connectivity index (χ1v) is 7.92. The molecule has 0 aliphatic carbocycles. The fourth-order valence-corrected chi connectivity index (χ4v) is 2.46. The Balaban J connectivity index is 2.50. The highest BCUT2D eigenvalue weighted by Gasteiger charge is 2.09. The Labute approximate surface area is 144 Å². The van der Waals surface area contributed by atoms with E-state index in [1.807, 2.05) is 105 Å². The van der Waals surface area contributed by atoms with Crippen molar-refractivity contribution in [3.8, 4) is 0 Å². The molecule has 0 aliphatic rings. The maximum absolute atomic E-state index is 12.6. The fraction of sp³-hybridized carbons (Fsp3) is 0.190. The molecule has 0 unspecified atom stereocenters. The summed E-state index contributed by atoms with van der Waals surface area (Å²) in [6.07, 6.45) is 3.74. The van der Waals surface area contributed by atoms with Crippen molar-refractivity contribution < 1.29 is 4.79 Å². The van der Waals surface area contributed by atoms with Gasteiger partial charge >= 0.3 is 0 Å². The molecule has 3 heteroatoms. The Bertz CT molecular complexity index is 719. The first kappa shape index (κ1) is 17.5. The van der Waals surface area contributed by atoms with Crippen LogP contribution in [0.1, 0.15) is 15.9 Å². The summed E-state index contributed by atoms with van der Waals surface area (Å²) < 4.78 is 0. The third-order valence-electron chi connectivity index (χ3n) is 3.65. The van der Waals surface area contributed by atoms with Gasteiger partial charge in [0.25, 0.3) is 0 Å². The Morgan fingerprint density at radius 2 is 1.17 bits per heavy atom. The van der Waals surface area contributed by atoms with Crippen LogP contribution < -0.4 is 0 Å². The fourth-order valence-electron chi connectivity index (χ4n) is 2.46. The van der Waals surface area contributed by atoms with Gasteiger partial charge < -0.3 is 9.80 Å². The zero-order chi connectivity index (χ0) is 17.5. The lowest BCUT2D eigenvalue weighted by Crippen LogP contribution is -2.24. The van der Waals surface area contributed by atoms with Gasteiger partial charge in [-0.2, -0.15) is 0 Å². The van der Waals surface area contributed by atoms with Gasteiger partial charge in [0.15, 0.2) is 5.78 Å². The van der Waals surface area contributed by atoms with E-state index in [9.17, 15) is 4.79 Å². The molecule has 0 atom stereocenters. The predicted molar refractivity (Wildman–Crippen MR) is 101 cm³/mol. The molecule has 0 radical (unpaired) electrons. The minimum atomic E-state index is 0.00238. The van der Waals surface area contributed by atoms with E-state index in [1.165, 1.54) is 0 Å². The van der Waals surface area contributed by atoms with Crippen molar-refractivity contribution in [1.82, 2.24) is 9.80 Å². The monoisotopic (exact) mass is 320 g/mol. The van der Waals surface area contributed by atoms with Crippen LogP contribution in [0, 0.1) is 0 Å². The molecule has 2 rings (SSSR count). The normalized spacial score (nSPS) is 10.9. The van der Waals surface area contributed by atoms with E-state index in [0.29, 0.717) is 5.56 Å². The van der Waals surface area contributed by atoms with Gasteiger partial charge in [-0.3, -0.25) is 4.79 Å². The standard InChI is InChI=1S/C21H24N2O/c1-22(2)21(23(3)4)16-19(17-11-7-5-8-12-17)15-20(24)18-13-9-6-10-14-18/h5-16H,1-4H3/b19-15-. The van der Waals surface area contributed by atoms with Crippen LogP contribution >= 0.6 is 0 Å². The van der Waals surface area contributed by atoms with E-state index in [4.69, 9.17) is 0 Å². The molecule has 0 bridgehead atoms. The van der Waals surface area contributed by atoms with Crippen LogP contribution in [0.15, 0.2) is 78.6 Å². The molecule has 0 heterocycles. The molecule has 3 nitrogen and oxygen atoms in total. The van der Waals surface area contributed by atoms with Gasteiger partial charge in [0.2, 0.25) is 0 Å². The second-order valence-corrected chi connectivity index (χ2v) is 5.99. The topological polar surface area (TPSA) is 23.6 Å². The molecule has 0 saturated carbocycles. The molecular formula is C21H24N2O. The lowest BCUT2D eigenvalue weighted by Gasteiger charge is -2.25. The average molecular weight is 320 g/mol. The second kappa shape index (κ2) is 8.16. The number of carbonyl (C=O) groups excluding carboxylic acids is 1. The van der Waals surface area contributed by atoms with Gasteiger partial charge in [-0.05, 0) is 23.3 Å². The number of benzene rings is 2. The molecule has 0 saturated heterocycles. The molecule has 2 aromatic rings. The summed E-state index contributed by atoms with van der Waals surface area (Å²) in [5, 5.41) is 0. The molecule has 24 heavy (non-hydrogen) atoms. The average Bonchev–Trinajstić information content (AvgIpc) is 2.59. The smallest absolute Gasteiger partial charge is 0.186 e. The zero-order valence-electron chi connectivity index (χ0n) is 14.7. The van der Waals surface area contributed by atoms with Crippen LogP contribution in [0.3, 0.4) is 0 Å². The van der Waals surface area contributed by atoms with Crippen molar-refractivity contribution in [1.29, 1.82) is 0 Å². The van der Waals surface area contributed by atoms with E-state index < -0.39 is 0 Å². The van der Waals surface area contributed by atoms with E-state index in [2.05, 4.69) is 0 Å². The number of nitrogens with zero attached hydrogens (tertiary/aromatic N) is 2. The van der Waals surface area contributed by atoms with Gasteiger partial charge in [-0.15, -0.1) is 0 Å². The number of ketones is 1. The molecule has 0 N–H and O–H groups in total. The van der Waals surface area contributed by atoms with Crippen LogP contribution in [-0.4, -0.2) is 43.8 Å². The van der Waals surface area contributed by atoms with Crippen molar-refractivity contribution in [3.05, 3.63) is 89.8 Å². The van der Waals surface area contributed by atoms with E-state index in [0.717, 1.165) is 17.0 Å². The second-order valence-electron chi connectivity index (χ2n) is 5.99. The van der Waals surface area contributed by atoms with Crippen LogP contribution in [0.5, 0.6) is 0 Å². The van der Waals surface area contributed by atoms with E-state index in [-0.39, 0.29) is 5.78 Å². The maximum atomic E-state index is 12.6. The molecule has 0 spiro atoms. The molecule has 0 aliphatic heterocycles. The van der Waals surface area contributed by atoms with Crippen molar-refractivity contribution in [2.24, 2.45) is 0 Å². The number of carbonyl (C=O) groups is 1. The molecular weight excluding hydrogens is 296 g/mol. The van der Waals surface area contributed by atoms with Crippen LogP contribution in [0.4, 0.5) is 0 Å². The van der Waals surface area contributed by atoms with E-state index in [1.54, 1.807) is 6.08 Å². The lowest BCUT2D eigenvalue weighted by atomic mass is 10.0. The van der Waals surface area contributed by atoms with Gasteiger partial charge in [-0.25, -0.2) is 0 Å². The highest BCUT2D eigenvalue weighted by molar-refractivity contribution is 6.09. The van der Waals surface area contributed by atoms with Gasteiger partial charge in [-0.1, -0.05) is 60.7 Å². The Morgan fingerprint density at radius 3 is 1.62 bits per heavy atom. The number of hydrogen-bond acceptors (Lipinski definition) is 3. The Kier molecular flexibility index (Phi) is 5.96. The van der Waals surface area contributed by atoms with Crippen molar-refractivity contribution in [2.45, 2.75) is 0 Å². The van der Waals surface area contributed by atoms with Gasteiger partial charge in [0, 0.05) is 33.8 Å². The summed E-state index contributed by atoms with van der Waals surface area (Å²) in [7, 11) is 7.97.